The molecule has 1 aliphatic carbocycles. The maximum Gasteiger partial charge on any atom is 0.227 e. The van der Waals surface area contributed by atoms with E-state index in [2.05, 4.69) is 5.32 Å². The predicted octanol–water partition coefficient (Wildman–Crippen LogP) is 0.534. The summed E-state index contributed by atoms with van der Waals surface area (Å²) in [6.45, 7) is 0.998. The Hall–Kier alpha value is -1.39. The van der Waals surface area contributed by atoms with Crippen LogP contribution in [0.25, 0.3) is 0 Å². The van der Waals surface area contributed by atoms with Crippen molar-refractivity contribution in [3.8, 4) is 0 Å². The third-order valence-electron chi connectivity index (χ3n) is 3.38. The minimum absolute atomic E-state index is 0.0446. The number of nitrogens with one attached hydrogen (secondary N) is 1. The van der Waals surface area contributed by atoms with Gasteiger partial charge in [0, 0.05) is 13.1 Å². The van der Waals surface area contributed by atoms with Gasteiger partial charge in [-0.3, -0.25) is 4.79 Å². The molecule has 0 aliphatic heterocycles. The molecule has 0 aromatic heterocycles. The zero-order valence-electron chi connectivity index (χ0n) is 9.78. The summed E-state index contributed by atoms with van der Waals surface area (Å²) in [5.74, 6) is 0.0613. The molecule has 92 valence electrons. The number of aliphatic hydroxyl groups excluding tert-OH is 1. The quantitative estimate of drug-likeness (QED) is 0.696. The fraction of sp³-hybridized carbons (Fsp3) is 0.462. The van der Waals surface area contributed by atoms with Crippen molar-refractivity contribution in [3.05, 3.63) is 35.4 Å². The van der Waals surface area contributed by atoms with Gasteiger partial charge in [0.1, 0.15) is 0 Å². The number of nitrogens with two attached hydrogens (primary N) is 1. The Morgan fingerprint density at radius 2 is 1.88 bits per heavy atom. The first kappa shape index (κ1) is 12.1. The summed E-state index contributed by atoms with van der Waals surface area (Å²) >= 11 is 0. The molecule has 1 aromatic carbocycles. The lowest BCUT2D eigenvalue weighted by Crippen LogP contribution is -2.36. The molecule has 0 spiro atoms. The molecule has 2 rings (SSSR count). The van der Waals surface area contributed by atoms with Gasteiger partial charge in [-0.15, -0.1) is 0 Å². The van der Waals surface area contributed by atoms with Crippen LogP contribution in [0.3, 0.4) is 0 Å². The molecule has 0 atom stereocenters. The van der Waals surface area contributed by atoms with Crippen molar-refractivity contribution in [3.63, 3.8) is 0 Å². The fourth-order valence-electron chi connectivity index (χ4n) is 1.81. The zero-order valence-corrected chi connectivity index (χ0v) is 9.78. The molecular weight excluding hydrogens is 216 g/mol. The van der Waals surface area contributed by atoms with Crippen LogP contribution in [0.2, 0.25) is 0 Å². The number of hydrogen-bond acceptors (Lipinski definition) is 3. The van der Waals surface area contributed by atoms with Crippen LogP contribution >= 0.6 is 0 Å². The van der Waals surface area contributed by atoms with Crippen molar-refractivity contribution in [1.82, 2.24) is 5.32 Å². The topological polar surface area (TPSA) is 75.4 Å². The van der Waals surface area contributed by atoms with Gasteiger partial charge in [0.2, 0.25) is 5.91 Å². The van der Waals surface area contributed by atoms with Crippen molar-refractivity contribution in [2.24, 2.45) is 11.1 Å². The number of rotatable bonds is 5. The highest BCUT2D eigenvalue weighted by atomic mass is 16.3. The molecule has 0 unspecified atom stereocenters. The van der Waals surface area contributed by atoms with E-state index < -0.39 is 0 Å². The minimum atomic E-state index is -0.287. The van der Waals surface area contributed by atoms with Crippen molar-refractivity contribution in [2.45, 2.75) is 26.0 Å². The predicted molar refractivity (Wildman–Crippen MR) is 64.9 cm³/mol. The molecule has 4 nitrogen and oxygen atoms in total. The molecule has 1 aromatic rings. The summed E-state index contributed by atoms with van der Waals surface area (Å²) in [7, 11) is 0. The van der Waals surface area contributed by atoms with E-state index in [9.17, 15) is 4.79 Å². The summed E-state index contributed by atoms with van der Waals surface area (Å²) in [6.07, 6.45) is 1.80. The maximum absolute atomic E-state index is 11.8. The molecule has 1 fully saturated rings. The highest BCUT2D eigenvalue weighted by Gasteiger charge is 2.48. The normalized spacial score (nSPS) is 16.6. The standard InChI is InChI=1S/C13H18N2O2/c14-9-13(5-6-13)12(17)15-7-10-1-3-11(8-16)4-2-10/h1-4,16H,5-9,14H2,(H,15,17). The maximum atomic E-state index is 11.8. The third-order valence-corrected chi connectivity index (χ3v) is 3.38. The van der Waals surface area contributed by atoms with E-state index in [0.717, 1.165) is 24.0 Å². The number of amides is 1. The van der Waals surface area contributed by atoms with Crippen LogP contribution in [-0.4, -0.2) is 17.6 Å². The molecule has 17 heavy (non-hydrogen) atoms. The third kappa shape index (κ3) is 2.65. The number of carbonyl (C=O) groups excluding carboxylic acids is 1. The number of aliphatic hydroxyl groups is 1. The van der Waals surface area contributed by atoms with E-state index in [1.165, 1.54) is 0 Å². The smallest absolute Gasteiger partial charge is 0.227 e. The Balaban J connectivity index is 1.87. The van der Waals surface area contributed by atoms with Gasteiger partial charge in [-0.05, 0) is 24.0 Å². The molecular formula is C13H18N2O2. The second-order valence-corrected chi connectivity index (χ2v) is 4.64. The van der Waals surface area contributed by atoms with Gasteiger partial charge in [-0.1, -0.05) is 24.3 Å². The number of carbonyl (C=O) groups is 1. The average molecular weight is 234 g/mol. The Morgan fingerprint density at radius 1 is 1.29 bits per heavy atom. The molecule has 1 amide bonds. The Bertz CT molecular complexity index is 396. The van der Waals surface area contributed by atoms with E-state index in [1.807, 2.05) is 24.3 Å². The average Bonchev–Trinajstić information content (AvgIpc) is 3.17. The molecule has 1 saturated carbocycles. The van der Waals surface area contributed by atoms with Crippen molar-refractivity contribution in [1.29, 1.82) is 0 Å². The number of benzene rings is 1. The molecule has 0 heterocycles. The van der Waals surface area contributed by atoms with Gasteiger partial charge in [-0.25, -0.2) is 0 Å². The van der Waals surface area contributed by atoms with Crippen LogP contribution in [0.5, 0.6) is 0 Å². The van der Waals surface area contributed by atoms with Gasteiger partial charge in [0.15, 0.2) is 0 Å². The second-order valence-electron chi connectivity index (χ2n) is 4.64. The first-order valence-corrected chi connectivity index (χ1v) is 5.87. The Kier molecular flexibility index (Phi) is 3.45. The second kappa shape index (κ2) is 4.85. The SMILES string of the molecule is NCC1(C(=O)NCc2ccc(CO)cc2)CC1. The van der Waals surface area contributed by atoms with Gasteiger partial charge >= 0.3 is 0 Å². The van der Waals surface area contributed by atoms with Gasteiger partial charge in [-0.2, -0.15) is 0 Å². The molecule has 0 saturated heterocycles. The summed E-state index contributed by atoms with van der Waals surface area (Å²) in [4.78, 5) is 11.8. The van der Waals surface area contributed by atoms with Crippen molar-refractivity contribution in [2.75, 3.05) is 6.54 Å². The van der Waals surface area contributed by atoms with Crippen molar-refractivity contribution < 1.29 is 9.90 Å². The van der Waals surface area contributed by atoms with Gasteiger partial charge in [0.25, 0.3) is 0 Å². The van der Waals surface area contributed by atoms with Crippen LogP contribution in [0.15, 0.2) is 24.3 Å². The van der Waals surface area contributed by atoms with E-state index in [-0.39, 0.29) is 17.9 Å². The Morgan fingerprint density at radius 3 is 2.35 bits per heavy atom. The van der Waals surface area contributed by atoms with Crippen LogP contribution in [0.4, 0.5) is 0 Å². The van der Waals surface area contributed by atoms with E-state index >= 15 is 0 Å². The highest BCUT2D eigenvalue weighted by molar-refractivity contribution is 5.85. The monoisotopic (exact) mass is 234 g/mol. The van der Waals surface area contributed by atoms with Gasteiger partial charge in [0.05, 0.1) is 12.0 Å². The summed E-state index contributed by atoms with van der Waals surface area (Å²) in [5.41, 5.74) is 7.21. The summed E-state index contributed by atoms with van der Waals surface area (Å²) < 4.78 is 0. The largest absolute Gasteiger partial charge is 0.392 e. The number of hydrogen-bond donors (Lipinski definition) is 3. The lowest BCUT2D eigenvalue weighted by Gasteiger charge is -2.12. The van der Waals surface area contributed by atoms with Crippen LogP contribution in [0.1, 0.15) is 24.0 Å². The van der Waals surface area contributed by atoms with E-state index in [4.69, 9.17) is 10.8 Å². The van der Waals surface area contributed by atoms with E-state index in [0.29, 0.717) is 13.1 Å². The summed E-state index contributed by atoms with van der Waals surface area (Å²) in [5, 5.41) is 11.8. The van der Waals surface area contributed by atoms with E-state index in [1.54, 1.807) is 0 Å². The lowest BCUT2D eigenvalue weighted by atomic mass is 10.1. The van der Waals surface area contributed by atoms with Crippen LogP contribution < -0.4 is 11.1 Å². The molecule has 4 N–H and O–H groups in total. The first-order chi connectivity index (χ1) is 8.20. The van der Waals surface area contributed by atoms with Crippen LogP contribution in [-0.2, 0) is 17.9 Å². The first-order valence-electron chi connectivity index (χ1n) is 5.87. The van der Waals surface area contributed by atoms with Gasteiger partial charge < -0.3 is 16.2 Å². The highest BCUT2D eigenvalue weighted by Crippen LogP contribution is 2.44. The summed E-state index contributed by atoms with van der Waals surface area (Å²) in [6, 6.07) is 7.54. The zero-order chi connectivity index (χ0) is 12.3. The lowest BCUT2D eigenvalue weighted by molar-refractivity contribution is -0.126. The minimum Gasteiger partial charge on any atom is -0.392 e. The fourth-order valence-corrected chi connectivity index (χ4v) is 1.81. The molecule has 1 aliphatic rings. The van der Waals surface area contributed by atoms with Crippen LogP contribution in [0, 0.1) is 5.41 Å². The van der Waals surface area contributed by atoms with Crippen molar-refractivity contribution >= 4 is 5.91 Å². The molecule has 0 radical (unpaired) electrons. The Labute approximate surface area is 101 Å². The molecule has 4 heteroatoms. The molecule has 0 bridgehead atoms.